The van der Waals surface area contributed by atoms with Gasteiger partial charge in [0, 0.05) is 36.6 Å². The Morgan fingerprint density at radius 2 is 2.04 bits per heavy atom. The monoisotopic (exact) mass is 349 g/mol. The summed E-state index contributed by atoms with van der Waals surface area (Å²) in [5.41, 5.74) is 3.26. The second kappa shape index (κ2) is 6.92. The molecule has 1 aliphatic rings. The molecule has 1 amide bonds. The fourth-order valence-electron chi connectivity index (χ4n) is 3.55. The van der Waals surface area contributed by atoms with E-state index in [9.17, 15) is 9.90 Å². The van der Waals surface area contributed by atoms with Gasteiger partial charge in [-0.2, -0.15) is 0 Å². The van der Waals surface area contributed by atoms with Gasteiger partial charge in [-0.3, -0.25) is 4.79 Å². The Morgan fingerprint density at radius 3 is 2.81 bits per heavy atom. The zero-order valence-corrected chi connectivity index (χ0v) is 14.9. The Bertz CT molecular complexity index is 939. The van der Waals surface area contributed by atoms with E-state index in [1.165, 1.54) is 0 Å². The van der Waals surface area contributed by atoms with Crippen LogP contribution in [0.2, 0.25) is 0 Å². The van der Waals surface area contributed by atoms with Crippen molar-refractivity contribution in [2.24, 2.45) is 5.92 Å². The normalized spacial score (nSPS) is 15.5. The van der Waals surface area contributed by atoms with Gasteiger partial charge in [-0.25, -0.2) is 4.98 Å². The molecular formula is C21H23N3O2. The number of rotatable bonds is 3. The van der Waals surface area contributed by atoms with E-state index < -0.39 is 0 Å². The van der Waals surface area contributed by atoms with Crippen LogP contribution in [0.15, 0.2) is 48.8 Å². The number of aromatic nitrogens is 2. The third-order valence-electron chi connectivity index (χ3n) is 5.22. The summed E-state index contributed by atoms with van der Waals surface area (Å²) in [6.07, 6.45) is 5.76. The maximum absolute atomic E-state index is 12.8. The molecule has 0 unspecified atom stereocenters. The van der Waals surface area contributed by atoms with Crippen molar-refractivity contribution >= 4 is 16.9 Å². The van der Waals surface area contributed by atoms with Crippen molar-refractivity contribution in [3.8, 4) is 5.69 Å². The summed E-state index contributed by atoms with van der Waals surface area (Å²) < 4.78 is 1.98. The molecule has 1 fully saturated rings. The third-order valence-corrected chi connectivity index (χ3v) is 5.22. The van der Waals surface area contributed by atoms with Crippen LogP contribution in [0.5, 0.6) is 0 Å². The predicted octanol–water partition coefficient (Wildman–Crippen LogP) is 3.39. The summed E-state index contributed by atoms with van der Waals surface area (Å²) in [6.45, 7) is 3.90. The van der Waals surface area contributed by atoms with E-state index in [1.807, 2.05) is 52.1 Å². The zero-order chi connectivity index (χ0) is 18.1. The van der Waals surface area contributed by atoms with Crippen molar-refractivity contribution in [1.29, 1.82) is 0 Å². The number of carbonyl (C=O) groups is 1. The van der Waals surface area contributed by atoms with Crippen molar-refractivity contribution in [3.63, 3.8) is 0 Å². The van der Waals surface area contributed by atoms with Gasteiger partial charge in [0.15, 0.2) is 0 Å². The second-order valence-corrected chi connectivity index (χ2v) is 7.13. The summed E-state index contributed by atoms with van der Waals surface area (Å²) in [7, 11) is 0. The van der Waals surface area contributed by atoms with E-state index in [1.54, 1.807) is 6.20 Å². The van der Waals surface area contributed by atoms with Gasteiger partial charge < -0.3 is 14.6 Å². The molecule has 5 nitrogen and oxygen atoms in total. The minimum absolute atomic E-state index is 0.00751. The summed E-state index contributed by atoms with van der Waals surface area (Å²) >= 11 is 0. The van der Waals surface area contributed by atoms with Gasteiger partial charge in [-0.05, 0) is 48.6 Å². The molecule has 134 valence electrons. The van der Waals surface area contributed by atoms with Crippen LogP contribution >= 0.6 is 0 Å². The van der Waals surface area contributed by atoms with Crippen molar-refractivity contribution in [1.82, 2.24) is 14.5 Å². The van der Waals surface area contributed by atoms with Crippen LogP contribution in [-0.2, 0) is 6.61 Å². The molecule has 0 saturated carbocycles. The molecule has 1 aromatic carbocycles. The smallest absolute Gasteiger partial charge is 0.255 e. The molecule has 0 spiro atoms. The maximum Gasteiger partial charge on any atom is 0.255 e. The highest BCUT2D eigenvalue weighted by atomic mass is 16.3. The number of amides is 1. The van der Waals surface area contributed by atoms with Crippen LogP contribution in [0.3, 0.4) is 0 Å². The fourth-order valence-corrected chi connectivity index (χ4v) is 3.55. The van der Waals surface area contributed by atoms with Gasteiger partial charge in [-0.15, -0.1) is 0 Å². The number of piperidine rings is 1. The van der Waals surface area contributed by atoms with Crippen molar-refractivity contribution in [2.45, 2.75) is 26.4 Å². The quantitative estimate of drug-likeness (QED) is 0.788. The van der Waals surface area contributed by atoms with E-state index in [4.69, 9.17) is 0 Å². The summed E-state index contributed by atoms with van der Waals surface area (Å²) in [6, 6.07) is 11.6. The van der Waals surface area contributed by atoms with Gasteiger partial charge in [-0.1, -0.05) is 19.1 Å². The van der Waals surface area contributed by atoms with Gasteiger partial charge in [0.1, 0.15) is 5.65 Å². The lowest BCUT2D eigenvalue weighted by atomic mass is 9.99. The highest BCUT2D eigenvalue weighted by Gasteiger charge is 2.22. The molecule has 4 rings (SSSR count). The molecule has 1 N–H and O–H groups in total. The second-order valence-electron chi connectivity index (χ2n) is 7.13. The Labute approximate surface area is 152 Å². The lowest BCUT2D eigenvalue weighted by Gasteiger charge is -2.30. The minimum atomic E-state index is 0.00751. The molecular weight excluding hydrogens is 326 g/mol. The standard InChI is InChI=1S/C21H23N3O2/c1-15-5-8-23(9-6-15)21(26)18-12-17-7-10-24(20(17)22-13-18)19-4-2-3-16(11-19)14-25/h2-4,7,10-13,15,25H,5-6,8-9,14H2,1H3. The molecule has 0 bridgehead atoms. The molecule has 5 heteroatoms. The fraction of sp³-hybridized carbons (Fsp3) is 0.333. The number of nitrogens with zero attached hydrogens (tertiary/aromatic N) is 3. The summed E-state index contributed by atoms with van der Waals surface area (Å²) in [5.74, 6) is 0.768. The number of pyridine rings is 1. The molecule has 0 radical (unpaired) electrons. The van der Waals surface area contributed by atoms with E-state index in [2.05, 4.69) is 11.9 Å². The van der Waals surface area contributed by atoms with Gasteiger partial charge in [0.25, 0.3) is 5.91 Å². The molecule has 3 aromatic rings. The summed E-state index contributed by atoms with van der Waals surface area (Å²) in [4.78, 5) is 19.3. The molecule has 1 saturated heterocycles. The first kappa shape index (κ1) is 16.8. The Kier molecular flexibility index (Phi) is 4.47. The lowest BCUT2D eigenvalue weighted by molar-refractivity contribution is 0.0697. The number of fused-ring (bicyclic) bond motifs is 1. The Hall–Kier alpha value is -2.66. The number of aliphatic hydroxyl groups excluding tert-OH is 1. The maximum atomic E-state index is 12.8. The molecule has 2 aromatic heterocycles. The van der Waals surface area contributed by atoms with Crippen LogP contribution in [-0.4, -0.2) is 38.6 Å². The highest BCUT2D eigenvalue weighted by molar-refractivity contribution is 5.97. The number of likely N-dealkylation sites (tertiary alicyclic amines) is 1. The van der Waals surface area contributed by atoms with E-state index in [0.29, 0.717) is 11.5 Å². The van der Waals surface area contributed by atoms with Crippen LogP contribution < -0.4 is 0 Å². The van der Waals surface area contributed by atoms with E-state index in [0.717, 1.165) is 48.2 Å². The number of hydrogen-bond acceptors (Lipinski definition) is 3. The van der Waals surface area contributed by atoms with Gasteiger partial charge in [0.05, 0.1) is 12.2 Å². The highest BCUT2D eigenvalue weighted by Crippen LogP contribution is 2.23. The topological polar surface area (TPSA) is 58.4 Å². The van der Waals surface area contributed by atoms with Crippen molar-refractivity contribution in [2.75, 3.05) is 13.1 Å². The average Bonchev–Trinajstić information content (AvgIpc) is 3.11. The van der Waals surface area contributed by atoms with Crippen LogP contribution in [0.4, 0.5) is 0 Å². The largest absolute Gasteiger partial charge is 0.392 e. The minimum Gasteiger partial charge on any atom is -0.392 e. The first-order chi connectivity index (χ1) is 12.7. The molecule has 1 aliphatic heterocycles. The van der Waals surface area contributed by atoms with Crippen LogP contribution in [0.25, 0.3) is 16.7 Å². The Balaban J connectivity index is 1.64. The molecule has 0 atom stereocenters. The van der Waals surface area contributed by atoms with Crippen LogP contribution in [0, 0.1) is 5.92 Å². The molecule has 0 aliphatic carbocycles. The predicted molar refractivity (Wildman–Crippen MR) is 101 cm³/mol. The van der Waals surface area contributed by atoms with Gasteiger partial charge >= 0.3 is 0 Å². The van der Waals surface area contributed by atoms with Crippen molar-refractivity contribution in [3.05, 3.63) is 59.9 Å². The number of carbonyl (C=O) groups excluding carboxylic acids is 1. The average molecular weight is 349 g/mol. The lowest BCUT2D eigenvalue weighted by Crippen LogP contribution is -2.37. The number of benzene rings is 1. The first-order valence-electron chi connectivity index (χ1n) is 9.12. The van der Waals surface area contributed by atoms with Crippen LogP contribution in [0.1, 0.15) is 35.7 Å². The zero-order valence-electron chi connectivity index (χ0n) is 14.9. The van der Waals surface area contributed by atoms with E-state index >= 15 is 0 Å². The first-order valence-corrected chi connectivity index (χ1v) is 9.12. The molecule has 26 heavy (non-hydrogen) atoms. The number of hydrogen-bond donors (Lipinski definition) is 1. The van der Waals surface area contributed by atoms with Gasteiger partial charge in [0.2, 0.25) is 0 Å². The molecule has 3 heterocycles. The SMILES string of the molecule is CC1CCN(C(=O)c2cnc3c(ccn3-c3cccc(CO)c3)c2)CC1. The number of aliphatic hydroxyl groups is 1. The Morgan fingerprint density at radius 1 is 1.23 bits per heavy atom. The van der Waals surface area contributed by atoms with E-state index in [-0.39, 0.29) is 12.5 Å². The van der Waals surface area contributed by atoms with Crippen molar-refractivity contribution < 1.29 is 9.90 Å². The summed E-state index contributed by atoms with van der Waals surface area (Å²) in [5, 5.41) is 10.3. The third kappa shape index (κ3) is 3.10.